The summed E-state index contributed by atoms with van der Waals surface area (Å²) in [4.78, 5) is 12.3. The van der Waals surface area contributed by atoms with Crippen LogP contribution < -0.4 is 4.57 Å². The summed E-state index contributed by atoms with van der Waals surface area (Å²) < 4.78 is 2.00. The van der Waals surface area contributed by atoms with Crippen molar-refractivity contribution in [2.45, 2.75) is 0 Å². The van der Waals surface area contributed by atoms with Gasteiger partial charge in [0.05, 0.1) is 0 Å². The van der Waals surface area contributed by atoms with E-state index in [4.69, 9.17) is 0 Å². The molecule has 0 radical (unpaired) electrons. The zero-order valence-electron chi connectivity index (χ0n) is 11.9. The van der Waals surface area contributed by atoms with Crippen LogP contribution in [0.4, 0.5) is 0 Å². The van der Waals surface area contributed by atoms with Gasteiger partial charge in [0, 0.05) is 23.3 Å². The minimum absolute atomic E-state index is 0.0570. The Morgan fingerprint density at radius 2 is 1.24 bits per heavy atom. The lowest BCUT2D eigenvalue weighted by Crippen LogP contribution is -2.25. The third kappa shape index (κ3) is 2.90. The maximum Gasteiger partial charge on any atom is 0.193 e. The van der Waals surface area contributed by atoms with E-state index in [0.29, 0.717) is 5.56 Å². The SMILES string of the molecule is C[n+]1ccc(-c2ccc(C(=O)c3ccccc3)cc2)cc1. The van der Waals surface area contributed by atoms with Gasteiger partial charge in [-0.3, -0.25) is 4.79 Å². The number of hydrogen-bond acceptors (Lipinski definition) is 1. The van der Waals surface area contributed by atoms with E-state index in [1.54, 1.807) is 0 Å². The van der Waals surface area contributed by atoms with Crippen LogP contribution >= 0.6 is 0 Å². The van der Waals surface area contributed by atoms with Crippen molar-refractivity contribution in [3.05, 3.63) is 90.3 Å². The van der Waals surface area contributed by atoms with Crippen LogP contribution in [0.15, 0.2) is 79.1 Å². The maximum atomic E-state index is 12.3. The molecule has 0 saturated heterocycles. The van der Waals surface area contributed by atoms with E-state index < -0.39 is 0 Å². The molecule has 1 heterocycles. The molecule has 0 unspecified atom stereocenters. The molecule has 0 atom stereocenters. The number of carbonyl (C=O) groups is 1. The summed E-state index contributed by atoms with van der Waals surface area (Å²) in [6.07, 6.45) is 4.02. The van der Waals surface area contributed by atoms with E-state index in [1.807, 2.05) is 78.6 Å². The van der Waals surface area contributed by atoms with Gasteiger partial charge in [0.1, 0.15) is 7.05 Å². The van der Waals surface area contributed by atoms with Gasteiger partial charge in [-0.1, -0.05) is 54.6 Å². The third-order valence-corrected chi connectivity index (χ3v) is 3.49. The van der Waals surface area contributed by atoms with Crippen molar-refractivity contribution in [3.63, 3.8) is 0 Å². The minimum atomic E-state index is 0.0570. The largest absolute Gasteiger partial charge is 0.289 e. The number of rotatable bonds is 3. The molecule has 0 bridgehead atoms. The lowest BCUT2D eigenvalue weighted by molar-refractivity contribution is -0.671. The Hall–Kier alpha value is -2.74. The van der Waals surface area contributed by atoms with Gasteiger partial charge in [-0.05, 0) is 11.1 Å². The lowest BCUT2D eigenvalue weighted by Gasteiger charge is -2.04. The molecule has 0 aliphatic rings. The Labute approximate surface area is 124 Å². The fourth-order valence-corrected chi connectivity index (χ4v) is 2.26. The Morgan fingerprint density at radius 1 is 0.714 bits per heavy atom. The molecule has 21 heavy (non-hydrogen) atoms. The zero-order valence-corrected chi connectivity index (χ0v) is 11.9. The number of nitrogens with zero attached hydrogens (tertiary/aromatic N) is 1. The average Bonchev–Trinajstić information content (AvgIpc) is 2.56. The van der Waals surface area contributed by atoms with Crippen molar-refractivity contribution in [1.29, 1.82) is 0 Å². The van der Waals surface area contributed by atoms with Gasteiger partial charge in [-0.25, -0.2) is 4.57 Å². The van der Waals surface area contributed by atoms with Gasteiger partial charge in [0.25, 0.3) is 0 Å². The second-order valence-corrected chi connectivity index (χ2v) is 5.02. The Kier molecular flexibility index (Phi) is 3.61. The van der Waals surface area contributed by atoms with Gasteiger partial charge in [-0.15, -0.1) is 0 Å². The van der Waals surface area contributed by atoms with Crippen LogP contribution in [0, 0.1) is 0 Å². The first-order chi connectivity index (χ1) is 10.2. The summed E-state index contributed by atoms with van der Waals surface area (Å²) >= 11 is 0. The number of carbonyl (C=O) groups excluding carboxylic acids is 1. The normalized spacial score (nSPS) is 10.3. The second-order valence-electron chi connectivity index (χ2n) is 5.02. The summed E-state index contributed by atoms with van der Waals surface area (Å²) in [5.41, 5.74) is 3.69. The van der Waals surface area contributed by atoms with Crippen LogP contribution in [0.3, 0.4) is 0 Å². The third-order valence-electron chi connectivity index (χ3n) is 3.49. The Morgan fingerprint density at radius 3 is 1.86 bits per heavy atom. The van der Waals surface area contributed by atoms with Crippen LogP contribution in [0.25, 0.3) is 11.1 Å². The summed E-state index contributed by atoms with van der Waals surface area (Å²) in [5.74, 6) is 0.0570. The highest BCUT2D eigenvalue weighted by molar-refractivity contribution is 6.09. The van der Waals surface area contributed by atoms with Gasteiger partial charge in [0.2, 0.25) is 0 Å². The predicted octanol–water partition coefficient (Wildman–Crippen LogP) is 3.41. The molecular weight excluding hydrogens is 258 g/mol. The van der Waals surface area contributed by atoms with Crippen LogP contribution in [-0.4, -0.2) is 5.78 Å². The van der Waals surface area contributed by atoms with E-state index in [1.165, 1.54) is 0 Å². The van der Waals surface area contributed by atoms with E-state index >= 15 is 0 Å². The molecule has 3 aromatic rings. The van der Waals surface area contributed by atoms with Gasteiger partial charge in [-0.2, -0.15) is 0 Å². The van der Waals surface area contributed by atoms with Crippen molar-refractivity contribution in [3.8, 4) is 11.1 Å². The summed E-state index contributed by atoms with van der Waals surface area (Å²) in [6, 6.07) is 21.2. The fourth-order valence-electron chi connectivity index (χ4n) is 2.26. The Balaban J connectivity index is 1.87. The van der Waals surface area contributed by atoms with Crippen LogP contribution in [-0.2, 0) is 7.05 Å². The summed E-state index contributed by atoms with van der Waals surface area (Å²) in [5, 5.41) is 0. The maximum absolute atomic E-state index is 12.3. The molecule has 0 saturated carbocycles. The monoisotopic (exact) mass is 274 g/mol. The molecule has 2 nitrogen and oxygen atoms in total. The number of benzene rings is 2. The first kappa shape index (κ1) is 13.3. The Bertz CT molecular complexity index is 744. The molecule has 0 N–H and O–H groups in total. The van der Waals surface area contributed by atoms with Crippen molar-refractivity contribution in [2.24, 2.45) is 7.05 Å². The topological polar surface area (TPSA) is 20.9 Å². The molecule has 102 valence electrons. The van der Waals surface area contributed by atoms with Crippen molar-refractivity contribution >= 4 is 5.78 Å². The first-order valence-corrected chi connectivity index (χ1v) is 6.89. The number of ketones is 1. The fraction of sp³-hybridized carbons (Fsp3) is 0.0526. The molecule has 0 fully saturated rings. The van der Waals surface area contributed by atoms with E-state index in [-0.39, 0.29) is 5.78 Å². The highest BCUT2D eigenvalue weighted by atomic mass is 16.1. The minimum Gasteiger partial charge on any atom is -0.289 e. The quantitative estimate of drug-likeness (QED) is 0.529. The molecule has 0 aliphatic heterocycles. The smallest absolute Gasteiger partial charge is 0.193 e. The van der Waals surface area contributed by atoms with Crippen molar-refractivity contribution in [2.75, 3.05) is 0 Å². The van der Waals surface area contributed by atoms with Gasteiger partial charge >= 0.3 is 0 Å². The van der Waals surface area contributed by atoms with E-state index in [9.17, 15) is 4.79 Å². The zero-order chi connectivity index (χ0) is 14.7. The van der Waals surface area contributed by atoms with Crippen LogP contribution in [0.5, 0.6) is 0 Å². The van der Waals surface area contributed by atoms with E-state index in [2.05, 4.69) is 12.1 Å². The van der Waals surface area contributed by atoms with Crippen LogP contribution in [0.1, 0.15) is 15.9 Å². The second kappa shape index (κ2) is 5.71. The molecule has 0 aliphatic carbocycles. The molecule has 3 rings (SSSR count). The molecule has 2 heteroatoms. The molecule has 1 aromatic heterocycles. The van der Waals surface area contributed by atoms with Gasteiger partial charge < -0.3 is 0 Å². The van der Waals surface area contributed by atoms with Crippen molar-refractivity contribution in [1.82, 2.24) is 0 Å². The molecular formula is C19H16NO+. The molecule has 0 spiro atoms. The highest BCUT2D eigenvalue weighted by Crippen LogP contribution is 2.19. The summed E-state index contributed by atoms with van der Waals surface area (Å²) in [6.45, 7) is 0. The van der Waals surface area contributed by atoms with Gasteiger partial charge in [0.15, 0.2) is 18.2 Å². The summed E-state index contributed by atoms with van der Waals surface area (Å²) in [7, 11) is 1.99. The van der Waals surface area contributed by atoms with Crippen LogP contribution in [0.2, 0.25) is 0 Å². The first-order valence-electron chi connectivity index (χ1n) is 6.89. The standard InChI is InChI=1S/C19H16NO/c1-20-13-11-16(12-14-20)15-7-9-18(10-8-15)19(21)17-5-3-2-4-6-17/h2-14H,1H3/q+1. The van der Waals surface area contributed by atoms with Crippen molar-refractivity contribution < 1.29 is 9.36 Å². The highest BCUT2D eigenvalue weighted by Gasteiger charge is 2.08. The average molecular weight is 274 g/mol. The predicted molar refractivity (Wildman–Crippen MR) is 82.9 cm³/mol. The number of aryl methyl sites for hydroxylation is 1. The number of hydrogen-bond donors (Lipinski definition) is 0. The lowest BCUT2D eigenvalue weighted by atomic mass is 10.00. The molecule has 0 amide bonds. The number of pyridine rings is 1. The number of aromatic nitrogens is 1. The molecule has 2 aromatic carbocycles. The van der Waals surface area contributed by atoms with E-state index in [0.717, 1.165) is 16.7 Å².